The van der Waals surface area contributed by atoms with Crippen molar-refractivity contribution in [3.05, 3.63) is 182 Å². The molecular weight excluding hydrogens is 609 g/mol. The van der Waals surface area contributed by atoms with E-state index in [9.17, 15) is 0 Å². The van der Waals surface area contributed by atoms with E-state index in [2.05, 4.69) is 121 Å². The Morgan fingerprint density at radius 1 is 0.280 bits per heavy atom. The molecule has 0 aliphatic rings. The molecular formula is C46H30N4. The van der Waals surface area contributed by atoms with Crippen molar-refractivity contribution in [2.75, 3.05) is 0 Å². The summed E-state index contributed by atoms with van der Waals surface area (Å²) in [7, 11) is 0. The van der Waals surface area contributed by atoms with Crippen LogP contribution in [0.4, 0.5) is 0 Å². The van der Waals surface area contributed by atoms with Gasteiger partial charge in [0.15, 0.2) is 5.82 Å². The van der Waals surface area contributed by atoms with E-state index in [4.69, 9.17) is 19.9 Å². The fourth-order valence-corrected chi connectivity index (χ4v) is 6.52. The highest BCUT2D eigenvalue weighted by atomic mass is 14.9. The lowest BCUT2D eigenvalue weighted by atomic mass is 9.98. The molecule has 0 N–H and O–H groups in total. The topological polar surface area (TPSA) is 51.6 Å². The Labute approximate surface area is 290 Å². The van der Waals surface area contributed by atoms with Crippen molar-refractivity contribution < 1.29 is 0 Å². The van der Waals surface area contributed by atoms with Crippen LogP contribution in [0.25, 0.3) is 89.4 Å². The normalized spacial score (nSPS) is 11.2. The standard InChI is InChI=1S/C46H30N4/c1-5-13-31(14-6-1)32-21-23-37(24-22-32)46-49-42(35-19-11-4-12-20-35)30-43(50-46)39-29-41(34-17-9-3-10-18-34)48-45-38(39)27-25-36-26-28-40(47-44(36)45)33-15-7-2-8-16-33/h1-30H. The highest BCUT2D eigenvalue weighted by molar-refractivity contribution is 6.09. The number of nitrogens with zero attached hydrogens (tertiary/aromatic N) is 4. The number of hydrogen-bond donors (Lipinski definition) is 0. The van der Waals surface area contributed by atoms with Gasteiger partial charge in [-0.1, -0.05) is 164 Å². The van der Waals surface area contributed by atoms with Gasteiger partial charge in [-0.15, -0.1) is 0 Å². The van der Waals surface area contributed by atoms with Crippen LogP contribution in [0.3, 0.4) is 0 Å². The molecule has 6 aromatic carbocycles. The lowest BCUT2D eigenvalue weighted by Gasteiger charge is -2.14. The molecule has 0 saturated heterocycles. The van der Waals surface area contributed by atoms with E-state index in [1.165, 1.54) is 5.56 Å². The number of rotatable bonds is 6. The summed E-state index contributed by atoms with van der Waals surface area (Å²) < 4.78 is 0. The van der Waals surface area contributed by atoms with Gasteiger partial charge in [0.05, 0.1) is 33.8 Å². The molecule has 0 fully saturated rings. The summed E-state index contributed by atoms with van der Waals surface area (Å²) in [6.07, 6.45) is 0. The van der Waals surface area contributed by atoms with Gasteiger partial charge in [0, 0.05) is 38.6 Å². The minimum absolute atomic E-state index is 0.664. The molecule has 4 heteroatoms. The first-order chi connectivity index (χ1) is 24.8. The number of hydrogen-bond acceptors (Lipinski definition) is 4. The molecule has 9 aromatic rings. The average molecular weight is 639 g/mol. The second-order valence-corrected chi connectivity index (χ2v) is 12.3. The second kappa shape index (κ2) is 12.7. The summed E-state index contributed by atoms with van der Waals surface area (Å²) in [6, 6.07) is 62.6. The molecule has 0 bridgehead atoms. The Kier molecular flexibility index (Phi) is 7.45. The summed E-state index contributed by atoms with van der Waals surface area (Å²) in [6.45, 7) is 0. The molecule has 0 amide bonds. The quantitative estimate of drug-likeness (QED) is 0.170. The van der Waals surface area contributed by atoms with Gasteiger partial charge in [-0.3, -0.25) is 0 Å². The molecule has 9 rings (SSSR count). The predicted molar refractivity (Wildman–Crippen MR) is 205 cm³/mol. The maximum absolute atomic E-state index is 5.29. The zero-order chi connectivity index (χ0) is 33.3. The van der Waals surface area contributed by atoms with Gasteiger partial charge in [0.2, 0.25) is 0 Å². The molecule has 0 aliphatic carbocycles. The largest absolute Gasteiger partial charge is 0.245 e. The molecule has 0 atom stereocenters. The summed E-state index contributed by atoms with van der Waals surface area (Å²) in [4.78, 5) is 20.9. The Balaban J connectivity index is 1.29. The summed E-state index contributed by atoms with van der Waals surface area (Å²) in [5.41, 5.74) is 12.5. The Hall–Kier alpha value is -6.78. The smallest absolute Gasteiger partial charge is 0.160 e. The van der Waals surface area contributed by atoms with E-state index < -0.39 is 0 Å². The predicted octanol–water partition coefficient (Wildman–Crippen LogP) is 11.6. The lowest BCUT2D eigenvalue weighted by Crippen LogP contribution is -1.98. The van der Waals surface area contributed by atoms with Gasteiger partial charge in [0.25, 0.3) is 0 Å². The van der Waals surface area contributed by atoms with Gasteiger partial charge >= 0.3 is 0 Å². The van der Waals surface area contributed by atoms with E-state index in [-0.39, 0.29) is 0 Å². The Morgan fingerprint density at radius 3 is 1.36 bits per heavy atom. The van der Waals surface area contributed by atoms with Gasteiger partial charge in [-0.25, -0.2) is 19.9 Å². The van der Waals surface area contributed by atoms with Crippen LogP contribution in [-0.4, -0.2) is 19.9 Å². The van der Waals surface area contributed by atoms with Crippen molar-refractivity contribution >= 4 is 21.8 Å². The maximum atomic E-state index is 5.29. The van der Waals surface area contributed by atoms with Crippen LogP contribution in [0.5, 0.6) is 0 Å². The summed E-state index contributed by atoms with van der Waals surface area (Å²) >= 11 is 0. The van der Waals surface area contributed by atoms with Crippen molar-refractivity contribution in [3.8, 4) is 67.5 Å². The number of aromatic nitrogens is 4. The van der Waals surface area contributed by atoms with Crippen LogP contribution >= 0.6 is 0 Å². The van der Waals surface area contributed by atoms with E-state index in [0.29, 0.717) is 5.82 Å². The molecule has 4 nitrogen and oxygen atoms in total. The first-order valence-electron chi connectivity index (χ1n) is 16.7. The fourth-order valence-electron chi connectivity index (χ4n) is 6.52. The molecule has 0 unspecified atom stereocenters. The Morgan fingerprint density at radius 2 is 0.740 bits per heavy atom. The summed E-state index contributed by atoms with van der Waals surface area (Å²) in [5.74, 6) is 0.664. The van der Waals surface area contributed by atoms with Crippen LogP contribution in [-0.2, 0) is 0 Å². The fraction of sp³-hybridized carbons (Fsp3) is 0. The van der Waals surface area contributed by atoms with Crippen LogP contribution < -0.4 is 0 Å². The molecule has 50 heavy (non-hydrogen) atoms. The van der Waals surface area contributed by atoms with Crippen LogP contribution in [0, 0.1) is 0 Å². The molecule has 0 saturated carbocycles. The van der Waals surface area contributed by atoms with Crippen molar-refractivity contribution in [2.45, 2.75) is 0 Å². The molecule has 3 aromatic heterocycles. The third-order valence-corrected chi connectivity index (χ3v) is 9.10. The Bertz CT molecular complexity index is 2600. The van der Waals surface area contributed by atoms with E-state index >= 15 is 0 Å². The van der Waals surface area contributed by atoms with E-state index in [1.807, 2.05) is 60.7 Å². The van der Waals surface area contributed by atoms with Crippen molar-refractivity contribution in [3.63, 3.8) is 0 Å². The van der Waals surface area contributed by atoms with E-state index in [1.54, 1.807) is 0 Å². The first-order valence-corrected chi connectivity index (χ1v) is 16.7. The van der Waals surface area contributed by atoms with Crippen molar-refractivity contribution in [1.82, 2.24) is 19.9 Å². The average Bonchev–Trinajstić information content (AvgIpc) is 3.21. The third kappa shape index (κ3) is 5.59. The second-order valence-electron chi connectivity index (χ2n) is 12.3. The van der Waals surface area contributed by atoms with Crippen molar-refractivity contribution in [2.24, 2.45) is 0 Å². The van der Waals surface area contributed by atoms with E-state index in [0.717, 1.165) is 78.0 Å². The number of pyridine rings is 2. The first kappa shape index (κ1) is 29.4. The SMILES string of the molecule is c1ccc(-c2ccc(-c3nc(-c4ccccc4)cc(-c4cc(-c5ccccc5)nc5c4ccc4ccc(-c6ccccc6)nc45)n3)cc2)cc1. The minimum atomic E-state index is 0.664. The number of benzene rings is 6. The third-order valence-electron chi connectivity index (χ3n) is 9.10. The highest BCUT2D eigenvalue weighted by Gasteiger charge is 2.17. The van der Waals surface area contributed by atoms with Crippen LogP contribution in [0.15, 0.2) is 182 Å². The zero-order valence-electron chi connectivity index (χ0n) is 27.1. The molecule has 0 aliphatic heterocycles. The van der Waals surface area contributed by atoms with Gasteiger partial charge in [-0.05, 0) is 29.3 Å². The van der Waals surface area contributed by atoms with Crippen molar-refractivity contribution in [1.29, 1.82) is 0 Å². The van der Waals surface area contributed by atoms with Gasteiger partial charge < -0.3 is 0 Å². The number of fused-ring (bicyclic) bond motifs is 3. The van der Waals surface area contributed by atoms with Crippen LogP contribution in [0.1, 0.15) is 0 Å². The highest BCUT2D eigenvalue weighted by Crippen LogP contribution is 2.37. The van der Waals surface area contributed by atoms with Gasteiger partial charge in [-0.2, -0.15) is 0 Å². The molecule has 3 heterocycles. The monoisotopic (exact) mass is 638 g/mol. The van der Waals surface area contributed by atoms with Gasteiger partial charge in [0.1, 0.15) is 0 Å². The maximum Gasteiger partial charge on any atom is 0.160 e. The summed E-state index contributed by atoms with van der Waals surface area (Å²) in [5, 5.41) is 2.02. The minimum Gasteiger partial charge on any atom is -0.245 e. The molecule has 0 radical (unpaired) electrons. The lowest BCUT2D eigenvalue weighted by molar-refractivity contribution is 1.18. The zero-order valence-corrected chi connectivity index (χ0v) is 27.1. The molecule has 0 spiro atoms. The molecule has 234 valence electrons. The van der Waals surface area contributed by atoms with Crippen LogP contribution in [0.2, 0.25) is 0 Å².